The van der Waals surface area contributed by atoms with Crippen LogP contribution in [0, 0.1) is 0 Å². The average Bonchev–Trinajstić information content (AvgIpc) is 2.71. The quantitative estimate of drug-likeness (QED) is 0.699. The Labute approximate surface area is 164 Å². The van der Waals surface area contributed by atoms with Gasteiger partial charge in [0.2, 0.25) is 0 Å². The zero-order valence-corrected chi connectivity index (χ0v) is 17.1. The number of aryl methyl sites for hydroxylation is 1. The van der Waals surface area contributed by atoms with Gasteiger partial charge in [-0.3, -0.25) is 4.79 Å². The van der Waals surface area contributed by atoms with Crippen molar-refractivity contribution in [1.82, 2.24) is 10.2 Å². The van der Waals surface area contributed by atoms with Gasteiger partial charge in [-0.15, -0.1) is 0 Å². The zero-order chi connectivity index (χ0) is 19.1. The maximum atomic E-state index is 12.4. The third-order valence-corrected chi connectivity index (χ3v) is 6.17. The van der Waals surface area contributed by atoms with E-state index < -0.39 is 6.10 Å². The second-order valence-corrected chi connectivity index (χ2v) is 8.10. The first-order chi connectivity index (χ1) is 13.2. The molecule has 0 saturated carbocycles. The SMILES string of the molecule is CCC1CCCCN1CCCNC(=O)C(C)Oc1cccc2c1CCCC2. The summed E-state index contributed by atoms with van der Waals surface area (Å²) in [6, 6.07) is 6.99. The van der Waals surface area contributed by atoms with Crippen LogP contribution in [0.4, 0.5) is 0 Å². The molecule has 1 saturated heterocycles. The highest BCUT2D eigenvalue weighted by atomic mass is 16.5. The molecule has 1 aliphatic carbocycles. The van der Waals surface area contributed by atoms with Gasteiger partial charge in [0.1, 0.15) is 5.75 Å². The van der Waals surface area contributed by atoms with Crippen molar-refractivity contribution in [2.24, 2.45) is 0 Å². The van der Waals surface area contributed by atoms with E-state index in [4.69, 9.17) is 4.74 Å². The van der Waals surface area contributed by atoms with Crippen molar-refractivity contribution in [3.05, 3.63) is 29.3 Å². The Morgan fingerprint density at radius 3 is 2.96 bits per heavy atom. The monoisotopic (exact) mass is 372 g/mol. The zero-order valence-electron chi connectivity index (χ0n) is 17.1. The third kappa shape index (κ3) is 5.47. The molecule has 3 rings (SSSR count). The van der Waals surface area contributed by atoms with Crippen LogP contribution in [0.25, 0.3) is 0 Å². The van der Waals surface area contributed by atoms with Crippen molar-refractivity contribution in [1.29, 1.82) is 0 Å². The molecule has 0 spiro atoms. The molecule has 1 fully saturated rings. The number of hydrogen-bond acceptors (Lipinski definition) is 3. The van der Waals surface area contributed by atoms with Gasteiger partial charge in [-0.25, -0.2) is 0 Å². The lowest BCUT2D eigenvalue weighted by atomic mass is 9.91. The Morgan fingerprint density at radius 2 is 2.11 bits per heavy atom. The van der Waals surface area contributed by atoms with E-state index in [1.54, 1.807) is 0 Å². The summed E-state index contributed by atoms with van der Waals surface area (Å²) < 4.78 is 6.03. The second kappa shape index (κ2) is 10.1. The molecular weight excluding hydrogens is 336 g/mol. The van der Waals surface area contributed by atoms with Gasteiger partial charge in [0.25, 0.3) is 5.91 Å². The molecule has 0 bridgehead atoms. The number of piperidine rings is 1. The van der Waals surface area contributed by atoms with Crippen LogP contribution in [0.3, 0.4) is 0 Å². The normalized spacial score (nSPS) is 21.3. The first-order valence-corrected chi connectivity index (χ1v) is 11.0. The first-order valence-electron chi connectivity index (χ1n) is 11.0. The minimum absolute atomic E-state index is 0.00546. The molecule has 1 heterocycles. The number of hydrogen-bond donors (Lipinski definition) is 1. The summed E-state index contributed by atoms with van der Waals surface area (Å²) in [5.41, 5.74) is 2.69. The number of fused-ring (bicyclic) bond motifs is 1. The van der Waals surface area contributed by atoms with E-state index in [2.05, 4.69) is 23.2 Å². The molecule has 0 radical (unpaired) electrons. The molecule has 2 aliphatic rings. The van der Waals surface area contributed by atoms with E-state index in [1.807, 2.05) is 19.1 Å². The van der Waals surface area contributed by atoms with Crippen molar-refractivity contribution in [3.63, 3.8) is 0 Å². The fourth-order valence-corrected chi connectivity index (χ4v) is 4.55. The highest BCUT2D eigenvalue weighted by molar-refractivity contribution is 5.80. The Bertz CT molecular complexity index is 616. The fraction of sp³-hybridized carbons (Fsp3) is 0.696. The highest BCUT2D eigenvalue weighted by Crippen LogP contribution is 2.30. The Morgan fingerprint density at radius 1 is 1.26 bits per heavy atom. The van der Waals surface area contributed by atoms with Crippen LogP contribution in [0.5, 0.6) is 5.75 Å². The van der Waals surface area contributed by atoms with Crippen LogP contribution in [-0.2, 0) is 17.6 Å². The van der Waals surface area contributed by atoms with Crippen LogP contribution in [0.1, 0.15) is 69.9 Å². The summed E-state index contributed by atoms with van der Waals surface area (Å²) in [5, 5.41) is 3.06. The number of ether oxygens (including phenoxy) is 1. The minimum Gasteiger partial charge on any atom is -0.481 e. The molecule has 4 heteroatoms. The smallest absolute Gasteiger partial charge is 0.260 e. The topological polar surface area (TPSA) is 41.6 Å². The Hall–Kier alpha value is -1.55. The van der Waals surface area contributed by atoms with Crippen molar-refractivity contribution in [2.75, 3.05) is 19.6 Å². The van der Waals surface area contributed by atoms with Crippen molar-refractivity contribution >= 4 is 5.91 Å². The molecule has 2 atom stereocenters. The van der Waals surface area contributed by atoms with E-state index in [-0.39, 0.29) is 5.91 Å². The van der Waals surface area contributed by atoms with Gasteiger partial charge in [-0.2, -0.15) is 0 Å². The van der Waals surface area contributed by atoms with Crippen molar-refractivity contribution in [3.8, 4) is 5.75 Å². The molecule has 1 aromatic rings. The van der Waals surface area contributed by atoms with E-state index in [9.17, 15) is 4.79 Å². The molecule has 4 nitrogen and oxygen atoms in total. The first kappa shape index (κ1) is 20.2. The molecule has 1 aromatic carbocycles. The number of nitrogens with one attached hydrogen (secondary N) is 1. The fourth-order valence-electron chi connectivity index (χ4n) is 4.55. The largest absolute Gasteiger partial charge is 0.481 e. The Kier molecular flexibility index (Phi) is 7.57. The summed E-state index contributed by atoms with van der Waals surface area (Å²) in [6.45, 7) is 7.17. The summed E-state index contributed by atoms with van der Waals surface area (Å²) in [6.07, 6.45) is 10.5. The van der Waals surface area contributed by atoms with Crippen LogP contribution in [-0.4, -0.2) is 42.6 Å². The predicted octanol–water partition coefficient (Wildman–Crippen LogP) is 4.10. The third-order valence-electron chi connectivity index (χ3n) is 6.17. The number of benzene rings is 1. The van der Waals surface area contributed by atoms with E-state index in [1.165, 1.54) is 56.2 Å². The number of carbonyl (C=O) groups is 1. The maximum absolute atomic E-state index is 12.4. The number of nitrogens with zero attached hydrogens (tertiary/aromatic N) is 1. The van der Waals surface area contributed by atoms with Gasteiger partial charge in [-0.05, 0) is 82.0 Å². The van der Waals surface area contributed by atoms with Gasteiger partial charge in [0.05, 0.1) is 0 Å². The Balaban J connectivity index is 1.42. The maximum Gasteiger partial charge on any atom is 0.260 e. The number of likely N-dealkylation sites (tertiary alicyclic amines) is 1. The number of amides is 1. The predicted molar refractivity (Wildman–Crippen MR) is 110 cm³/mol. The number of rotatable bonds is 8. The molecular formula is C23H36N2O2. The van der Waals surface area contributed by atoms with E-state index in [0.29, 0.717) is 0 Å². The number of carbonyl (C=O) groups excluding carboxylic acids is 1. The second-order valence-electron chi connectivity index (χ2n) is 8.10. The van der Waals surface area contributed by atoms with Crippen LogP contribution < -0.4 is 10.1 Å². The molecule has 1 N–H and O–H groups in total. The van der Waals surface area contributed by atoms with Gasteiger partial charge in [0, 0.05) is 19.1 Å². The van der Waals surface area contributed by atoms with Crippen molar-refractivity contribution in [2.45, 2.75) is 83.8 Å². The molecule has 150 valence electrons. The summed E-state index contributed by atoms with van der Waals surface area (Å²) in [7, 11) is 0. The molecule has 1 aliphatic heterocycles. The molecule has 27 heavy (non-hydrogen) atoms. The lowest BCUT2D eigenvalue weighted by molar-refractivity contribution is -0.127. The van der Waals surface area contributed by atoms with Crippen LogP contribution in [0.15, 0.2) is 18.2 Å². The highest BCUT2D eigenvalue weighted by Gasteiger charge is 2.21. The lowest BCUT2D eigenvalue weighted by Crippen LogP contribution is -2.41. The van der Waals surface area contributed by atoms with E-state index in [0.717, 1.165) is 44.1 Å². The van der Waals surface area contributed by atoms with Gasteiger partial charge < -0.3 is 15.0 Å². The average molecular weight is 373 g/mol. The molecule has 1 amide bonds. The summed E-state index contributed by atoms with van der Waals surface area (Å²) in [4.78, 5) is 15.0. The van der Waals surface area contributed by atoms with Gasteiger partial charge >= 0.3 is 0 Å². The van der Waals surface area contributed by atoms with E-state index >= 15 is 0 Å². The standard InChI is InChI=1S/C23H36N2O2/c1-3-20-12-6-7-16-25(20)17-9-15-24-23(26)18(2)27-22-14-8-11-19-10-4-5-13-21(19)22/h8,11,14,18,20H,3-7,9-10,12-13,15-17H2,1-2H3,(H,24,26). The summed E-state index contributed by atoms with van der Waals surface area (Å²) >= 11 is 0. The van der Waals surface area contributed by atoms with Gasteiger partial charge in [0.15, 0.2) is 6.10 Å². The lowest BCUT2D eigenvalue weighted by Gasteiger charge is -2.35. The van der Waals surface area contributed by atoms with Crippen LogP contribution in [0.2, 0.25) is 0 Å². The van der Waals surface area contributed by atoms with Crippen LogP contribution >= 0.6 is 0 Å². The summed E-state index contributed by atoms with van der Waals surface area (Å²) in [5.74, 6) is 0.892. The van der Waals surface area contributed by atoms with Gasteiger partial charge in [-0.1, -0.05) is 25.5 Å². The molecule has 2 unspecified atom stereocenters. The molecule has 0 aromatic heterocycles. The minimum atomic E-state index is -0.447. The van der Waals surface area contributed by atoms with Crippen molar-refractivity contribution < 1.29 is 9.53 Å².